The third-order valence-corrected chi connectivity index (χ3v) is 23.2. The molecule has 6 heterocycles. The molecule has 6 aliphatic heterocycles. The number of fused-ring (bicyclic) bond motifs is 15. The average molecular weight is 1690 g/mol. The molecule has 0 aromatic heterocycles. The van der Waals surface area contributed by atoms with Gasteiger partial charge in [-0.3, -0.25) is 48.5 Å². The minimum absolute atomic E-state index is 0.0612. The van der Waals surface area contributed by atoms with Crippen molar-refractivity contribution in [2.24, 2.45) is 29.6 Å². The number of carbonyl (C=O) groups is 9. The number of carbonyl (C=O) groups excluding carboxylic acids is 9. The van der Waals surface area contributed by atoms with Crippen molar-refractivity contribution in [3.05, 3.63) is 140 Å². The Bertz CT molecular complexity index is 4860. The smallest absolute Gasteiger partial charge is 0.257 e. The summed E-state index contributed by atoms with van der Waals surface area (Å²) in [4.78, 5) is 139. The first-order chi connectivity index (χ1) is 56.9. The molecule has 1 saturated heterocycles. The Labute approximate surface area is 691 Å². The van der Waals surface area contributed by atoms with Crippen LogP contribution in [0.25, 0.3) is 11.1 Å². The topological polar surface area (TPSA) is 523 Å². The van der Waals surface area contributed by atoms with Gasteiger partial charge in [-0.2, -0.15) is 0 Å². The predicted molar refractivity (Wildman–Crippen MR) is 423 cm³/mol. The molecule has 6 aromatic carbocycles. The van der Waals surface area contributed by atoms with E-state index in [9.17, 15) is 60.3 Å². The zero-order chi connectivity index (χ0) is 85.1. The molecular formula is C82H95Cl2N11O24. The minimum atomic E-state index is -2.41. The van der Waals surface area contributed by atoms with Gasteiger partial charge in [-0.15, -0.1) is 0 Å². The number of aliphatic hydroxyl groups excluding tert-OH is 6. The third-order valence-electron chi connectivity index (χ3n) is 22.6. The molecule has 119 heavy (non-hydrogen) atoms. The summed E-state index contributed by atoms with van der Waals surface area (Å²) in [5.74, 6) is -14.5. The maximum Gasteiger partial charge on any atom is 0.257 e. The van der Waals surface area contributed by atoms with Crippen LogP contribution in [-0.4, -0.2) is 214 Å². The van der Waals surface area contributed by atoms with E-state index in [-0.39, 0.29) is 110 Å². The van der Waals surface area contributed by atoms with Gasteiger partial charge in [0.15, 0.2) is 23.0 Å². The summed E-state index contributed by atoms with van der Waals surface area (Å²) in [6.07, 6.45) is -10.9. The number of aromatic hydroxyl groups is 3. The molecule has 15 bridgehead atoms. The zero-order valence-electron chi connectivity index (χ0n) is 65.2. The largest absolute Gasteiger partial charge is 0.508 e. The highest BCUT2D eigenvalue weighted by molar-refractivity contribution is 6.32. The third kappa shape index (κ3) is 18.9. The van der Waals surface area contributed by atoms with Crippen LogP contribution in [0, 0.1) is 29.6 Å². The second kappa shape index (κ2) is 36.9. The van der Waals surface area contributed by atoms with Crippen molar-refractivity contribution in [2.45, 2.75) is 150 Å². The van der Waals surface area contributed by atoms with Crippen LogP contribution in [0.4, 0.5) is 0 Å². The Morgan fingerprint density at radius 2 is 1.19 bits per heavy atom. The van der Waals surface area contributed by atoms with E-state index in [1.54, 1.807) is 14.1 Å². The SMILES string of the molecule is CNCCOc1ccc(C(=O)NC(=O)C[C@@H]2NC(=O)[C@H](NC(=O)[C@@H](CC(C)C)NC)[C@H](O)c3ccc(c(Cl)c3)Oc3cc4cc(c3O[C@@H]3O[C@H](CO)[C@@H](O)[C@H](O)[C@H]3O)Oc3ccc(cc3Cl)[C@@H](O)[C@@H]3NC(=O)[C@H](NC(=O)[C@@H]4NC2=O)c2ccc(O)c(c2)-c2c(O)cc(O)cc2[C@@H](C(=O)NC2C4CC5CC(C4)CC2C5)NC3=O)cc1OCCNC. The van der Waals surface area contributed by atoms with Crippen LogP contribution in [0.3, 0.4) is 0 Å². The van der Waals surface area contributed by atoms with Crippen molar-refractivity contribution in [3.63, 3.8) is 0 Å². The van der Waals surface area contributed by atoms with E-state index in [2.05, 4.69) is 58.5 Å². The molecule has 4 aliphatic carbocycles. The summed E-state index contributed by atoms with van der Waals surface area (Å²) in [5.41, 5.74) is -2.43. The monoisotopic (exact) mass is 1690 g/mol. The molecule has 5 fully saturated rings. The maximum absolute atomic E-state index is 16.5. The van der Waals surface area contributed by atoms with Crippen LogP contribution in [0.5, 0.6) is 57.5 Å². The first-order valence-electron chi connectivity index (χ1n) is 39.1. The number of benzene rings is 6. The van der Waals surface area contributed by atoms with E-state index >= 15 is 28.8 Å². The van der Waals surface area contributed by atoms with Crippen LogP contribution < -0.4 is 82.2 Å². The summed E-state index contributed by atoms with van der Waals surface area (Å²) in [6, 6.07) is 3.76. The number of imide groups is 1. The van der Waals surface area contributed by atoms with E-state index in [1.165, 1.54) is 43.4 Å². The first kappa shape index (κ1) is 86.2. The Morgan fingerprint density at radius 3 is 1.81 bits per heavy atom. The second-order valence-electron chi connectivity index (χ2n) is 31.3. The number of phenolic OH excluding ortho intramolecular Hbond substituents is 3. The Balaban J connectivity index is 0.992. The van der Waals surface area contributed by atoms with Gasteiger partial charge in [-0.05, 0) is 190 Å². The van der Waals surface area contributed by atoms with Crippen LogP contribution >= 0.6 is 23.2 Å². The van der Waals surface area contributed by atoms with E-state index in [0.717, 1.165) is 92.8 Å². The summed E-state index contributed by atoms with van der Waals surface area (Å²) >= 11 is 14.3. The van der Waals surface area contributed by atoms with Gasteiger partial charge in [0, 0.05) is 41.9 Å². The van der Waals surface area contributed by atoms with Crippen molar-refractivity contribution in [1.29, 1.82) is 0 Å². The number of ether oxygens (including phenoxy) is 6. The Morgan fingerprint density at radius 1 is 0.588 bits per heavy atom. The number of rotatable bonds is 21. The van der Waals surface area contributed by atoms with Crippen LogP contribution in [0.1, 0.15) is 127 Å². The highest BCUT2D eigenvalue weighted by Gasteiger charge is 2.51. The van der Waals surface area contributed by atoms with E-state index in [0.29, 0.717) is 24.9 Å². The predicted octanol–water partition coefficient (Wildman–Crippen LogP) is 2.39. The van der Waals surface area contributed by atoms with E-state index in [4.69, 9.17) is 51.6 Å². The molecular weight excluding hydrogens is 1590 g/mol. The Hall–Kier alpha value is -10.7. The fraction of sp³-hybridized carbons (Fsp3) is 0.451. The zero-order valence-corrected chi connectivity index (χ0v) is 66.7. The first-order valence-corrected chi connectivity index (χ1v) is 39.8. The number of hydrogen-bond acceptors (Lipinski definition) is 27. The van der Waals surface area contributed by atoms with Crippen molar-refractivity contribution in [2.75, 3.05) is 54.1 Å². The van der Waals surface area contributed by atoms with Crippen LogP contribution in [-0.2, 0) is 43.1 Å². The number of aliphatic hydroxyl groups is 6. The van der Waals surface area contributed by atoms with Gasteiger partial charge < -0.3 is 128 Å². The van der Waals surface area contributed by atoms with E-state index in [1.807, 2.05) is 13.8 Å². The number of likely N-dealkylation sites (N-methyl/N-ethyl adjacent to an activating group) is 3. The number of halogens is 2. The van der Waals surface area contributed by atoms with Gasteiger partial charge in [0.25, 0.3) is 5.91 Å². The molecule has 0 spiro atoms. The summed E-state index contributed by atoms with van der Waals surface area (Å²) in [5, 5.41) is 134. The van der Waals surface area contributed by atoms with Gasteiger partial charge in [-0.25, -0.2) is 0 Å². The summed E-state index contributed by atoms with van der Waals surface area (Å²) in [7, 11) is 4.87. The normalized spacial score (nSPS) is 27.3. The average Bonchev–Trinajstić information content (AvgIpc) is 0.766. The lowest BCUT2D eigenvalue weighted by atomic mass is 9.54. The number of phenols is 3. The fourth-order valence-electron chi connectivity index (χ4n) is 16.8. The molecule has 16 rings (SSSR count). The van der Waals surface area contributed by atoms with Gasteiger partial charge in [0.05, 0.1) is 29.1 Å². The van der Waals surface area contributed by atoms with Crippen LogP contribution in [0.2, 0.25) is 10.0 Å². The van der Waals surface area contributed by atoms with Crippen LogP contribution in [0.15, 0.2) is 97.1 Å². The van der Waals surface area contributed by atoms with Crippen molar-refractivity contribution in [1.82, 2.24) is 58.5 Å². The lowest BCUT2D eigenvalue weighted by molar-refractivity contribution is -0.277. The lowest BCUT2D eigenvalue weighted by Gasteiger charge is -2.54. The molecule has 636 valence electrons. The number of hydrogen-bond donors (Lipinski definition) is 20. The molecule has 4 saturated carbocycles. The molecule has 6 aromatic rings. The quantitative estimate of drug-likeness (QED) is 0.0460. The van der Waals surface area contributed by atoms with Gasteiger partial charge in [0.1, 0.15) is 115 Å². The summed E-state index contributed by atoms with van der Waals surface area (Å²) < 4.78 is 37.3. The minimum Gasteiger partial charge on any atom is -0.508 e. The van der Waals surface area contributed by atoms with Gasteiger partial charge in [-0.1, -0.05) is 55.2 Å². The fourth-order valence-corrected chi connectivity index (χ4v) is 17.2. The van der Waals surface area contributed by atoms with Gasteiger partial charge >= 0.3 is 0 Å². The molecule has 0 radical (unpaired) electrons. The molecule has 14 atom stereocenters. The second-order valence-corrected chi connectivity index (χ2v) is 32.1. The molecule has 10 aliphatic rings. The molecule has 37 heteroatoms. The van der Waals surface area contributed by atoms with Gasteiger partial charge in [0.2, 0.25) is 59.3 Å². The molecule has 9 amide bonds. The maximum atomic E-state index is 16.5. The number of amides is 9. The Kier molecular flexibility index (Phi) is 26.7. The lowest BCUT2D eigenvalue weighted by Crippen LogP contribution is -2.60. The highest BCUT2D eigenvalue weighted by atomic mass is 35.5. The highest BCUT2D eigenvalue weighted by Crippen LogP contribution is 2.55. The standard InChI is InChI=1S/C82H95Cl2N11O24/c1-34(2)18-49(87-5)75(107)94-66-68(101)38-7-11-53(47(83)25-38)116-57-28-43-29-58(73(57)119-82-72(105)71(104)70(103)59(33-96)118-82)117-54-12-8-39(26-48(54)84)69(102)67-81(113)93-65(79(111)90-62-41-20-35-19-36(22-41)23-42(62)21-35)46-30-44(97)31-52(99)61(46)45-24-37(6-10-51(45)98)63(77(109)95-67)92-78(110)64(43)91-76(108)50(88-80(66)112)32-60(100)89-74(106)40-9-13-55(114-16-14-85-3)56(27-40)115-17-15-86-4/h6-13,24-31,34-36,41-42,49-50,59,62-72,82,85-87,96-99,101-105H,14-23,32-33H2,1-5H3,(H,88,112)(H,90,111)(H,91,108)(H,92,110)(H,93,113)(H,94,107)(H,95,109)(H,89,100,106)/t35?,36?,41?,42?,49-,50+,59-,62?,63-,64-,65+,66-,67+,68-,69-,70-,71+,72-,82+/m1/s1. The molecule has 20 N–H and O–H groups in total. The van der Waals surface area contributed by atoms with Crippen molar-refractivity contribution in [3.8, 4) is 68.6 Å². The summed E-state index contributed by atoms with van der Waals surface area (Å²) in [6.45, 7) is 3.72. The molecule has 0 unspecified atom stereocenters. The molecule has 35 nitrogen and oxygen atoms in total. The van der Waals surface area contributed by atoms with Crippen molar-refractivity contribution >= 4 is 76.4 Å². The number of nitrogens with one attached hydrogen (secondary N) is 11. The van der Waals surface area contributed by atoms with E-state index < -0.39 is 196 Å². The van der Waals surface area contributed by atoms with Crippen molar-refractivity contribution < 1.29 is 118 Å².